The van der Waals surface area contributed by atoms with Crippen LogP contribution in [0.2, 0.25) is 5.02 Å². The number of halogens is 1. The zero-order valence-corrected chi connectivity index (χ0v) is 18.3. The highest BCUT2D eigenvalue weighted by atomic mass is 35.5. The molecule has 30 heavy (non-hydrogen) atoms. The molecule has 0 aliphatic carbocycles. The average molecular weight is 449 g/mol. The van der Waals surface area contributed by atoms with Gasteiger partial charge in [-0.2, -0.15) is 0 Å². The van der Waals surface area contributed by atoms with Crippen molar-refractivity contribution in [2.45, 2.75) is 19.4 Å². The molecule has 2 aromatic carbocycles. The molecule has 0 aliphatic rings. The van der Waals surface area contributed by atoms with Crippen LogP contribution < -0.4 is 4.31 Å². The van der Waals surface area contributed by atoms with Crippen molar-refractivity contribution < 1.29 is 22.7 Å². The molecule has 0 unspecified atom stereocenters. The van der Waals surface area contributed by atoms with Crippen molar-refractivity contribution in [3.05, 3.63) is 65.3 Å². The number of rotatable bonds is 6. The van der Waals surface area contributed by atoms with E-state index >= 15 is 0 Å². The number of anilines is 1. The second kappa shape index (κ2) is 8.49. The van der Waals surface area contributed by atoms with E-state index in [1.807, 2.05) is 0 Å². The van der Waals surface area contributed by atoms with Crippen LogP contribution in [0.1, 0.15) is 28.5 Å². The summed E-state index contributed by atoms with van der Waals surface area (Å²) in [7, 11) is -2.56. The molecule has 7 nitrogen and oxygen atoms in total. The lowest BCUT2D eigenvalue weighted by atomic mass is 10.1. The Hall–Kier alpha value is -2.84. The highest BCUT2D eigenvalue weighted by Gasteiger charge is 2.33. The summed E-state index contributed by atoms with van der Waals surface area (Å²) in [5, 5.41) is 0.893. The fourth-order valence-corrected chi connectivity index (χ4v) is 4.83. The minimum atomic E-state index is -3.82. The SMILES string of the molecule is CC[C@@H](C(=O)n1cc(C(=O)OC)c2ccccc21)N(c1cccc(Cl)c1)S(C)(=O)=O. The minimum absolute atomic E-state index is 0.207. The Kier molecular flexibility index (Phi) is 6.19. The summed E-state index contributed by atoms with van der Waals surface area (Å²) in [6.07, 6.45) is 2.63. The van der Waals surface area contributed by atoms with E-state index in [0.29, 0.717) is 15.9 Å². The van der Waals surface area contributed by atoms with Crippen molar-refractivity contribution >= 4 is 50.1 Å². The number of fused-ring (bicyclic) bond motifs is 1. The van der Waals surface area contributed by atoms with Crippen LogP contribution in [-0.4, -0.2) is 44.3 Å². The first-order valence-electron chi connectivity index (χ1n) is 9.16. The average Bonchev–Trinajstić information content (AvgIpc) is 3.09. The topological polar surface area (TPSA) is 85.7 Å². The number of ether oxygens (including phenoxy) is 1. The molecule has 0 amide bonds. The fraction of sp³-hybridized carbons (Fsp3) is 0.238. The predicted octanol–water partition coefficient (Wildman–Crippen LogP) is 3.97. The third-order valence-corrected chi connectivity index (χ3v) is 6.14. The third-order valence-electron chi connectivity index (χ3n) is 4.73. The number of benzene rings is 2. The van der Waals surface area contributed by atoms with Gasteiger partial charge in [0.15, 0.2) is 0 Å². The summed E-state index contributed by atoms with van der Waals surface area (Å²) in [5.41, 5.74) is 1.00. The summed E-state index contributed by atoms with van der Waals surface area (Å²) in [4.78, 5) is 25.7. The zero-order valence-electron chi connectivity index (χ0n) is 16.7. The molecule has 9 heteroatoms. The number of sulfonamides is 1. The number of esters is 1. The number of carbonyl (C=O) groups is 2. The van der Waals surface area contributed by atoms with Gasteiger partial charge in [-0.15, -0.1) is 0 Å². The molecule has 0 saturated heterocycles. The van der Waals surface area contributed by atoms with Crippen molar-refractivity contribution in [2.75, 3.05) is 17.7 Å². The highest BCUT2D eigenvalue weighted by Crippen LogP contribution is 2.28. The minimum Gasteiger partial charge on any atom is -0.465 e. The molecule has 1 aromatic heterocycles. The van der Waals surface area contributed by atoms with E-state index in [1.54, 1.807) is 49.4 Å². The van der Waals surface area contributed by atoms with E-state index < -0.39 is 27.9 Å². The molecule has 3 rings (SSSR count). The van der Waals surface area contributed by atoms with Gasteiger partial charge in [0.1, 0.15) is 6.04 Å². The lowest BCUT2D eigenvalue weighted by Crippen LogP contribution is -2.46. The van der Waals surface area contributed by atoms with Crippen molar-refractivity contribution in [1.29, 1.82) is 0 Å². The second-order valence-corrected chi connectivity index (χ2v) is 9.02. The zero-order chi connectivity index (χ0) is 22.1. The largest absolute Gasteiger partial charge is 0.465 e. The Morgan fingerprint density at radius 3 is 2.47 bits per heavy atom. The highest BCUT2D eigenvalue weighted by molar-refractivity contribution is 7.92. The van der Waals surface area contributed by atoms with E-state index in [2.05, 4.69) is 0 Å². The van der Waals surface area contributed by atoms with Crippen molar-refractivity contribution in [3.8, 4) is 0 Å². The molecule has 0 radical (unpaired) electrons. The van der Waals surface area contributed by atoms with Gasteiger partial charge in [-0.1, -0.05) is 42.8 Å². The molecule has 158 valence electrons. The van der Waals surface area contributed by atoms with Gasteiger partial charge in [0.05, 0.1) is 30.1 Å². The van der Waals surface area contributed by atoms with Crippen LogP contribution >= 0.6 is 11.6 Å². The summed E-state index contributed by atoms with van der Waals surface area (Å²) in [6.45, 7) is 1.72. The van der Waals surface area contributed by atoms with Gasteiger partial charge in [-0.3, -0.25) is 13.7 Å². The molecule has 0 N–H and O–H groups in total. The Balaban J connectivity index is 2.17. The van der Waals surface area contributed by atoms with E-state index in [4.69, 9.17) is 16.3 Å². The second-order valence-electron chi connectivity index (χ2n) is 6.72. The maximum atomic E-state index is 13.5. The molecule has 0 spiro atoms. The van der Waals surface area contributed by atoms with E-state index in [9.17, 15) is 18.0 Å². The van der Waals surface area contributed by atoms with Gasteiger partial charge in [0, 0.05) is 16.6 Å². The predicted molar refractivity (Wildman–Crippen MR) is 117 cm³/mol. The molecule has 0 fully saturated rings. The first-order chi connectivity index (χ1) is 14.2. The monoisotopic (exact) mass is 448 g/mol. The van der Waals surface area contributed by atoms with Crippen LogP contribution in [-0.2, 0) is 14.8 Å². The number of aromatic nitrogens is 1. The van der Waals surface area contributed by atoms with Gasteiger partial charge in [-0.25, -0.2) is 13.2 Å². The van der Waals surface area contributed by atoms with Gasteiger partial charge in [-0.05, 0) is 30.7 Å². The van der Waals surface area contributed by atoms with Crippen molar-refractivity contribution in [2.24, 2.45) is 0 Å². The van der Waals surface area contributed by atoms with Gasteiger partial charge < -0.3 is 4.74 Å². The van der Waals surface area contributed by atoms with Crippen LogP contribution in [0.25, 0.3) is 10.9 Å². The molecule has 0 saturated carbocycles. The first kappa shape index (κ1) is 21.9. The molecule has 3 aromatic rings. The first-order valence-corrected chi connectivity index (χ1v) is 11.4. The van der Waals surface area contributed by atoms with E-state index in [0.717, 1.165) is 10.6 Å². The number of carbonyl (C=O) groups excluding carboxylic acids is 2. The van der Waals surface area contributed by atoms with Crippen LogP contribution in [0.15, 0.2) is 54.7 Å². The molecule has 0 aliphatic heterocycles. The summed E-state index contributed by atoms with van der Waals surface area (Å²) in [5.74, 6) is -1.07. The van der Waals surface area contributed by atoms with E-state index in [-0.39, 0.29) is 17.7 Å². The molecule has 1 heterocycles. The lowest BCUT2D eigenvalue weighted by molar-refractivity contribution is 0.0603. The van der Waals surface area contributed by atoms with Crippen LogP contribution in [0.3, 0.4) is 0 Å². The van der Waals surface area contributed by atoms with Crippen LogP contribution in [0.4, 0.5) is 5.69 Å². The molecular weight excluding hydrogens is 428 g/mol. The molecule has 0 bridgehead atoms. The normalized spacial score (nSPS) is 12.5. The maximum Gasteiger partial charge on any atom is 0.340 e. The van der Waals surface area contributed by atoms with Crippen molar-refractivity contribution in [3.63, 3.8) is 0 Å². The summed E-state index contributed by atoms with van der Waals surface area (Å²) < 4.78 is 32.5. The van der Waals surface area contributed by atoms with E-state index in [1.165, 1.54) is 23.9 Å². The number of hydrogen-bond donors (Lipinski definition) is 0. The maximum absolute atomic E-state index is 13.5. The molecule has 1 atom stereocenters. The smallest absolute Gasteiger partial charge is 0.340 e. The van der Waals surface area contributed by atoms with Gasteiger partial charge in [0.25, 0.3) is 5.91 Å². The lowest BCUT2D eigenvalue weighted by Gasteiger charge is -2.30. The number of methoxy groups -OCH3 is 1. The quantitative estimate of drug-likeness (QED) is 0.532. The fourth-order valence-electron chi connectivity index (χ4n) is 3.45. The van der Waals surface area contributed by atoms with Gasteiger partial charge in [0.2, 0.25) is 10.0 Å². The number of hydrogen-bond acceptors (Lipinski definition) is 5. The van der Waals surface area contributed by atoms with Crippen molar-refractivity contribution in [1.82, 2.24) is 4.57 Å². The Labute approximate surface area is 179 Å². The third kappa shape index (κ3) is 4.06. The van der Waals surface area contributed by atoms with Crippen LogP contribution in [0, 0.1) is 0 Å². The van der Waals surface area contributed by atoms with Crippen LogP contribution in [0.5, 0.6) is 0 Å². The Bertz CT molecular complexity index is 1220. The summed E-state index contributed by atoms with van der Waals surface area (Å²) in [6, 6.07) is 12.1. The summed E-state index contributed by atoms with van der Waals surface area (Å²) >= 11 is 6.05. The molecular formula is C21H21ClN2O5S. The number of para-hydroxylation sites is 1. The number of nitrogens with zero attached hydrogens (tertiary/aromatic N) is 2. The Morgan fingerprint density at radius 1 is 1.17 bits per heavy atom. The van der Waals surface area contributed by atoms with Gasteiger partial charge >= 0.3 is 5.97 Å². The standard InChI is InChI=1S/C21H21ClN2O5S/c1-4-18(24(30(3,27)28)15-9-7-8-14(22)12-15)20(25)23-13-17(21(26)29-2)16-10-5-6-11-19(16)23/h5-13,18H,4H2,1-3H3/t18-/m0/s1. The Morgan fingerprint density at radius 2 is 1.87 bits per heavy atom.